The maximum absolute atomic E-state index is 9.53. The van der Waals surface area contributed by atoms with Gasteiger partial charge in [0.1, 0.15) is 11.5 Å². The van der Waals surface area contributed by atoms with Gasteiger partial charge in [0, 0.05) is 5.56 Å². The summed E-state index contributed by atoms with van der Waals surface area (Å²) in [6, 6.07) is 1.34. The average molecular weight is 182 g/mol. The molecule has 0 heterocycles. The van der Waals surface area contributed by atoms with Gasteiger partial charge in [0.25, 0.3) is 0 Å². The molecule has 13 heavy (non-hydrogen) atoms. The standard InChI is InChI=1S/C9H14N2O2/c1-4(2)7-8(12)5(10)3-6(11)9(7)13/h3-4,12-13H,10-11H2,1-2H3. The van der Waals surface area contributed by atoms with Crippen molar-refractivity contribution >= 4 is 11.4 Å². The van der Waals surface area contributed by atoms with Gasteiger partial charge in [-0.2, -0.15) is 0 Å². The molecule has 0 radical (unpaired) electrons. The van der Waals surface area contributed by atoms with Crippen LogP contribution in [0.4, 0.5) is 11.4 Å². The molecule has 1 rings (SSSR count). The van der Waals surface area contributed by atoms with Crippen LogP contribution in [0.25, 0.3) is 0 Å². The highest BCUT2D eigenvalue weighted by molar-refractivity contribution is 5.72. The Morgan fingerprint density at radius 3 is 1.77 bits per heavy atom. The Morgan fingerprint density at radius 1 is 1.08 bits per heavy atom. The van der Waals surface area contributed by atoms with E-state index in [-0.39, 0.29) is 28.8 Å². The van der Waals surface area contributed by atoms with E-state index in [4.69, 9.17) is 11.5 Å². The molecule has 0 spiro atoms. The van der Waals surface area contributed by atoms with Crippen LogP contribution < -0.4 is 11.5 Å². The summed E-state index contributed by atoms with van der Waals surface area (Å²) in [5.41, 5.74) is 11.8. The van der Waals surface area contributed by atoms with Gasteiger partial charge in [-0.15, -0.1) is 0 Å². The predicted octanol–water partition coefficient (Wildman–Crippen LogP) is 1.39. The van der Waals surface area contributed by atoms with E-state index in [0.29, 0.717) is 5.56 Å². The lowest BCUT2D eigenvalue weighted by atomic mass is 9.99. The molecular weight excluding hydrogens is 168 g/mol. The van der Waals surface area contributed by atoms with E-state index < -0.39 is 0 Å². The van der Waals surface area contributed by atoms with Gasteiger partial charge < -0.3 is 21.7 Å². The van der Waals surface area contributed by atoms with Crippen LogP contribution in [0, 0.1) is 0 Å². The molecule has 0 amide bonds. The van der Waals surface area contributed by atoms with Crippen molar-refractivity contribution in [2.24, 2.45) is 0 Å². The van der Waals surface area contributed by atoms with E-state index in [1.165, 1.54) is 6.07 Å². The van der Waals surface area contributed by atoms with Crippen molar-refractivity contribution in [2.75, 3.05) is 11.5 Å². The summed E-state index contributed by atoms with van der Waals surface area (Å²) in [6.45, 7) is 3.68. The highest BCUT2D eigenvalue weighted by Gasteiger charge is 2.16. The molecule has 1 aromatic carbocycles. The highest BCUT2D eigenvalue weighted by Crippen LogP contribution is 2.41. The molecule has 0 aliphatic carbocycles. The predicted molar refractivity (Wildman–Crippen MR) is 52.7 cm³/mol. The van der Waals surface area contributed by atoms with E-state index in [0.717, 1.165) is 0 Å². The topological polar surface area (TPSA) is 92.5 Å². The molecule has 0 aliphatic rings. The number of benzene rings is 1. The third-order valence-electron chi connectivity index (χ3n) is 1.95. The molecule has 1 aromatic rings. The molecule has 4 nitrogen and oxygen atoms in total. The first kappa shape index (κ1) is 9.51. The van der Waals surface area contributed by atoms with Gasteiger partial charge in [0.05, 0.1) is 11.4 Å². The van der Waals surface area contributed by atoms with Gasteiger partial charge in [-0.25, -0.2) is 0 Å². The molecule has 0 bridgehead atoms. The van der Waals surface area contributed by atoms with E-state index >= 15 is 0 Å². The molecule has 6 N–H and O–H groups in total. The van der Waals surface area contributed by atoms with Gasteiger partial charge in [-0.05, 0) is 12.0 Å². The minimum absolute atomic E-state index is 0.0224. The Bertz CT molecular complexity index is 309. The largest absolute Gasteiger partial charge is 0.505 e. The van der Waals surface area contributed by atoms with Gasteiger partial charge >= 0.3 is 0 Å². The van der Waals surface area contributed by atoms with Crippen molar-refractivity contribution in [1.82, 2.24) is 0 Å². The number of nitrogen functional groups attached to an aromatic ring is 2. The summed E-state index contributed by atoms with van der Waals surface area (Å²) in [5.74, 6) is -0.186. The van der Waals surface area contributed by atoms with Crippen LogP contribution in [0.2, 0.25) is 0 Å². The number of hydrogen-bond donors (Lipinski definition) is 4. The second-order valence-electron chi connectivity index (χ2n) is 3.32. The molecule has 0 fully saturated rings. The fraction of sp³-hybridized carbons (Fsp3) is 0.333. The average Bonchev–Trinajstić information content (AvgIpc) is 2.01. The highest BCUT2D eigenvalue weighted by atomic mass is 16.3. The lowest BCUT2D eigenvalue weighted by molar-refractivity contribution is 0.437. The molecule has 0 unspecified atom stereocenters. The Balaban J connectivity index is 3.46. The van der Waals surface area contributed by atoms with E-state index in [1.54, 1.807) is 0 Å². The summed E-state index contributed by atoms with van der Waals surface area (Å²) in [7, 11) is 0. The molecular formula is C9H14N2O2. The number of phenols is 2. The van der Waals surface area contributed by atoms with Crippen molar-refractivity contribution in [1.29, 1.82) is 0 Å². The van der Waals surface area contributed by atoms with Gasteiger partial charge in [-0.1, -0.05) is 13.8 Å². The molecule has 0 saturated heterocycles. The quantitative estimate of drug-likeness (QED) is 0.300. The fourth-order valence-corrected chi connectivity index (χ4v) is 1.27. The number of hydrogen-bond acceptors (Lipinski definition) is 4. The minimum Gasteiger partial charge on any atom is -0.505 e. The first-order valence-electron chi connectivity index (χ1n) is 4.05. The molecule has 0 saturated carbocycles. The van der Waals surface area contributed by atoms with E-state index in [2.05, 4.69) is 0 Å². The monoisotopic (exact) mass is 182 g/mol. The summed E-state index contributed by atoms with van der Waals surface area (Å²) >= 11 is 0. The number of rotatable bonds is 1. The van der Waals surface area contributed by atoms with Crippen molar-refractivity contribution in [3.63, 3.8) is 0 Å². The van der Waals surface area contributed by atoms with Crippen LogP contribution in [0.3, 0.4) is 0 Å². The number of nitrogens with two attached hydrogens (primary N) is 2. The summed E-state index contributed by atoms with van der Waals surface area (Å²) in [5, 5.41) is 19.1. The van der Waals surface area contributed by atoms with Gasteiger partial charge in [-0.3, -0.25) is 0 Å². The number of phenolic OH excluding ortho intramolecular Hbond substituents is 2. The number of aromatic hydroxyl groups is 2. The lowest BCUT2D eigenvalue weighted by Crippen LogP contribution is -1.98. The van der Waals surface area contributed by atoms with Crippen molar-refractivity contribution in [3.8, 4) is 11.5 Å². The Labute approximate surface area is 76.8 Å². The van der Waals surface area contributed by atoms with Gasteiger partial charge in [0.2, 0.25) is 0 Å². The summed E-state index contributed by atoms with van der Waals surface area (Å²) in [6.07, 6.45) is 0. The lowest BCUT2D eigenvalue weighted by Gasteiger charge is -2.14. The van der Waals surface area contributed by atoms with E-state index in [9.17, 15) is 10.2 Å². The van der Waals surface area contributed by atoms with Crippen molar-refractivity contribution < 1.29 is 10.2 Å². The van der Waals surface area contributed by atoms with Gasteiger partial charge in [0.15, 0.2) is 0 Å². The zero-order chi connectivity index (χ0) is 10.2. The van der Waals surface area contributed by atoms with Crippen molar-refractivity contribution in [3.05, 3.63) is 11.6 Å². The summed E-state index contributed by atoms with van der Waals surface area (Å²) in [4.78, 5) is 0. The first-order valence-corrected chi connectivity index (χ1v) is 4.05. The third-order valence-corrected chi connectivity index (χ3v) is 1.95. The number of anilines is 2. The smallest absolute Gasteiger partial charge is 0.145 e. The van der Waals surface area contributed by atoms with Crippen LogP contribution in [-0.2, 0) is 0 Å². The molecule has 0 aliphatic heterocycles. The van der Waals surface area contributed by atoms with Crippen LogP contribution in [0.1, 0.15) is 25.3 Å². The zero-order valence-corrected chi connectivity index (χ0v) is 7.70. The van der Waals surface area contributed by atoms with E-state index in [1.807, 2.05) is 13.8 Å². The van der Waals surface area contributed by atoms with Crippen molar-refractivity contribution in [2.45, 2.75) is 19.8 Å². The molecule has 0 atom stereocenters. The Kier molecular flexibility index (Phi) is 2.23. The zero-order valence-electron chi connectivity index (χ0n) is 7.70. The Morgan fingerprint density at radius 2 is 1.46 bits per heavy atom. The van der Waals surface area contributed by atoms with Crippen LogP contribution in [-0.4, -0.2) is 10.2 Å². The van der Waals surface area contributed by atoms with Crippen LogP contribution in [0.15, 0.2) is 6.07 Å². The SMILES string of the molecule is CC(C)c1c(O)c(N)cc(N)c1O. The van der Waals surface area contributed by atoms with Crippen LogP contribution >= 0.6 is 0 Å². The normalized spacial score (nSPS) is 10.7. The maximum atomic E-state index is 9.53. The second-order valence-corrected chi connectivity index (χ2v) is 3.32. The summed E-state index contributed by atoms with van der Waals surface area (Å²) < 4.78 is 0. The van der Waals surface area contributed by atoms with Crippen LogP contribution in [0.5, 0.6) is 11.5 Å². The third kappa shape index (κ3) is 1.47. The Hall–Kier alpha value is -1.58. The fourth-order valence-electron chi connectivity index (χ4n) is 1.27. The maximum Gasteiger partial charge on any atom is 0.145 e. The second kappa shape index (κ2) is 3.05. The minimum atomic E-state index is -0.0818. The molecule has 72 valence electrons. The molecule has 0 aromatic heterocycles. The first-order chi connectivity index (χ1) is 5.95. The molecule has 4 heteroatoms.